The fourth-order valence-corrected chi connectivity index (χ4v) is 3.06. The summed E-state index contributed by atoms with van der Waals surface area (Å²) < 4.78 is 3.34. The van der Waals surface area contributed by atoms with E-state index in [-0.39, 0.29) is 5.56 Å². The number of thioether (sulfide) groups is 1. The normalized spacial score (nSPS) is 14.2. The third kappa shape index (κ3) is 2.77. The predicted molar refractivity (Wildman–Crippen MR) is 93.5 cm³/mol. The van der Waals surface area contributed by atoms with E-state index >= 15 is 0 Å². The Labute approximate surface area is 143 Å². The quantitative estimate of drug-likeness (QED) is 0.715. The maximum absolute atomic E-state index is 11.5. The topological polar surface area (TPSA) is 77.1 Å². The molecular weight excluding hydrogens is 324 g/mol. The zero-order chi connectivity index (χ0) is 16.7. The highest BCUT2D eigenvalue weighted by Crippen LogP contribution is 2.41. The third-order valence-electron chi connectivity index (χ3n) is 4.17. The lowest BCUT2D eigenvalue weighted by Gasteiger charge is -2.09. The second kappa shape index (κ2) is 5.94. The summed E-state index contributed by atoms with van der Waals surface area (Å²) in [5.41, 5.74) is 3.08. The molecule has 4 rings (SSSR count). The van der Waals surface area contributed by atoms with Gasteiger partial charge in [0.25, 0.3) is 0 Å². The molecule has 124 valence electrons. The van der Waals surface area contributed by atoms with Gasteiger partial charge in [0.2, 0.25) is 11.5 Å². The Balaban J connectivity index is 1.67. The van der Waals surface area contributed by atoms with E-state index in [2.05, 4.69) is 20.4 Å². The molecule has 1 N–H and O–H groups in total. The molecule has 1 aliphatic rings. The van der Waals surface area contributed by atoms with Crippen molar-refractivity contribution in [1.29, 1.82) is 0 Å². The van der Waals surface area contributed by atoms with Gasteiger partial charge < -0.3 is 9.88 Å². The summed E-state index contributed by atoms with van der Waals surface area (Å²) in [5, 5.41) is 8.51. The summed E-state index contributed by atoms with van der Waals surface area (Å²) in [6.45, 7) is 0.562. The molecule has 8 heteroatoms. The lowest BCUT2D eigenvalue weighted by atomic mass is 10.2. The number of nitrogens with one attached hydrogen (secondary N) is 1. The molecule has 7 nitrogen and oxygen atoms in total. The summed E-state index contributed by atoms with van der Waals surface area (Å²) in [4.78, 5) is 20.6. The molecule has 0 radical (unpaired) electrons. The van der Waals surface area contributed by atoms with Crippen LogP contribution in [0.15, 0.2) is 34.5 Å². The lowest BCUT2D eigenvalue weighted by Crippen LogP contribution is -2.16. The zero-order valence-corrected chi connectivity index (χ0v) is 14.4. The Morgan fingerprint density at radius 1 is 1.33 bits per heavy atom. The Morgan fingerprint density at radius 2 is 2.17 bits per heavy atom. The van der Waals surface area contributed by atoms with Gasteiger partial charge in [-0.1, -0.05) is 17.8 Å². The van der Waals surface area contributed by atoms with Gasteiger partial charge in [0.1, 0.15) is 0 Å². The van der Waals surface area contributed by atoms with Crippen molar-refractivity contribution in [2.75, 3.05) is 11.6 Å². The van der Waals surface area contributed by atoms with Gasteiger partial charge in [0, 0.05) is 31.4 Å². The van der Waals surface area contributed by atoms with Gasteiger partial charge in [-0.05, 0) is 30.6 Å². The van der Waals surface area contributed by atoms with Gasteiger partial charge in [0.15, 0.2) is 10.8 Å². The molecule has 24 heavy (non-hydrogen) atoms. The molecule has 3 heterocycles. The number of pyridine rings is 1. The number of aryl methyl sites for hydroxylation is 1. The molecular formula is C16H18N6OS. The summed E-state index contributed by atoms with van der Waals surface area (Å²) in [7, 11) is 1.75. The molecule has 0 bridgehead atoms. The largest absolute Gasteiger partial charge is 0.350 e. The van der Waals surface area contributed by atoms with Gasteiger partial charge >= 0.3 is 0 Å². The molecule has 0 atom stereocenters. The molecule has 0 spiro atoms. The first-order chi connectivity index (χ1) is 11.7. The van der Waals surface area contributed by atoms with Crippen LogP contribution in [0.4, 0.5) is 5.95 Å². The van der Waals surface area contributed by atoms with E-state index in [0.717, 1.165) is 16.4 Å². The van der Waals surface area contributed by atoms with Crippen LogP contribution in [-0.2, 0) is 13.6 Å². The predicted octanol–water partition coefficient (Wildman–Crippen LogP) is 2.03. The van der Waals surface area contributed by atoms with E-state index in [1.54, 1.807) is 22.2 Å². The molecule has 1 fully saturated rings. The van der Waals surface area contributed by atoms with E-state index < -0.39 is 0 Å². The standard InChI is InChI=1S/C16H18N6OS/c1-21-9-10(3-6-13(21)23)7-17-15-20-16(24-2)19-14-12(11-4-5-11)8-18-22(14)15/h3,6,8-9,11H,4-5,7H2,1-2H3,(H,17,19,20). The second-order valence-electron chi connectivity index (χ2n) is 5.98. The molecule has 3 aromatic heterocycles. The van der Waals surface area contributed by atoms with Crippen LogP contribution in [0.25, 0.3) is 5.65 Å². The third-order valence-corrected chi connectivity index (χ3v) is 4.72. The van der Waals surface area contributed by atoms with E-state index in [4.69, 9.17) is 0 Å². The van der Waals surface area contributed by atoms with E-state index in [0.29, 0.717) is 18.4 Å². The average Bonchev–Trinajstić information content (AvgIpc) is 3.34. The van der Waals surface area contributed by atoms with E-state index in [1.165, 1.54) is 30.2 Å². The summed E-state index contributed by atoms with van der Waals surface area (Å²) in [5.74, 6) is 1.26. The monoisotopic (exact) mass is 342 g/mol. The average molecular weight is 342 g/mol. The molecule has 0 aromatic carbocycles. The van der Waals surface area contributed by atoms with Crippen LogP contribution >= 0.6 is 11.8 Å². The number of rotatable bonds is 5. The van der Waals surface area contributed by atoms with E-state index in [1.807, 2.05) is 24.7 Å². The first-order valence-corrected chi connectivity index (χ1v) is 9.07. The van der Waals surface area contributed by atoms with Crippen LogP contribution in [0.3, 0.4) is 0 Å². The molecule has 1 saturated carbocycles. The molecule has 1 aliphatic carbocycles. The Kier molecular flexibility index (Phi) is 3.76. The highest BCUT2D eigenvalue weighted by Gasteiger charge is 2.28. The Bertz CT molecular complexity index is 959. The van der Waals surface area contributed by atoms with Crippen molar-refractivity contribution in [3.05, 3.63) is 46.0 Å². The van der Waals surface area contributed by atoms with Crippen LogP contribution in [0.2, 0.25) is 0 Å². The number of hydrogen-bond acceptors (Lipinski definition) is 6. The molecule has 3 aromatic rings. The van der Waals surface area contributed by atoms with Crippen molar-refractivity contribution in [2.24, 2.45) is 7.05 Å². The molecule has 0 unspecified atom stereocenters. The van der Waals surface area contributed by atoms with Gasteiger partial charge in [-0.25, -0.2) is 4.98 Å². The summed E-state index contributed by atoms with van der Waals surface area (Å²) in [6, 6.07) is 3.39. The van der Waals surface area contributed by atoms with Gasteiger partial charge in [0.05, 0.1) is 6.20 Å². The molecule has 0 saturated heterocycles. The summed E-state index contributed by atoms with van der Waals surface area (Å²) in [6.07, 6.45) is 8.11. The van der Waals surface area contributed by atoms with Crippen LogP contribution in [0, 0.1) is 0 Å². The number of anilines is 1. The van der Waals surface area contributed by atoms with Crippen LogP contribution in [-0.4, -0.2) is 30.4 Å². The van der Waals surface area contributed by atoms with Crippen molar-refractivity contribution in [1.82, 2.24) is 24.1 Å². The van der Waals surface area contributed by atoms with Gasteiger partial charge in [-0.3, -0.25) is 4.79 Å². The smallest absolute Gasteiger partial charge is 0.250 e. The van der Waals surface area contributed by atoms with Crippen molar-refractivity contribution in [3.8, 4) is 0 Å². The molecule has 0 aliphatic heterocycles. The number of aromatic nitrogens is 5. The van der Waals surface area contributed by atoms with Crippen molar-refractivity contribution >= 4 is 23.4 Å². The highest BCUT2D eigenvalue weighted by molar-refractivity contribution is 7.98. The second-order valence-corrected chi connectivity index (χ2v) is 6.76. The minimum atomic E-state index is -0.0194. The van der Waals surface area contributed by atoms with Crippen molar-refractivity contribution in [2.45, 2.75) is 30.5 Å². The fraction of sp³-hybridized carbons (Fsp3) is 0.375. The lowest BCUT2D eigenvalue weighted by molar-refractivity contribution is 0.817. The Hall–Kier alpha value is -2.35. The fourth-order valence-electron chi connectivity index (χ4n) is 2.70. The minimum Gasteiger partial charge on any atom is -0.350 e. The van der Waals surface area contributed by atoms with E-state index in [9.17, 15) is 4.79 Å². The first kappa shape index (κ1) is 15.2. The maximum Gasteiger partial charge on any atom is 0.250 e. The van der Waals surface area contributed by atoms with Crippen LogP contribution in [0.5, 0.6) is 0 Å². The molecule has 0 amide bonds. The number of hydrogen-bond donors (Lipinski definition) is 1. The van der Waals surface area contributed by atoms with Crippen molar-refractivity contribution in [3.63, 3.8) is 0 Å². The minimum absolute atomic E-state index is 0.0194. The van der Waals surface area contributed by atoms with Gasteiger partial charge in [-0.2, -0.15) is 14.6 Å². The SMILES string of the molecule is CSc1nc(NCc2ccc(=O)n(C)c2)n2ncc(C3CC3)c2n1. The summed E-state index contributed by atoms with van der Waals surface area (Å²) >= 11 is 1.52. The first-order valence-electron chi connectivity index (χ1n) is 7.85. The van der Waals surface area contributed by atoms with Crippen molar-refractivity contribution < 1.29 is 0 Å². The zero-order valence-electron chi connectivity index (χ0n) is 13.6. The van der Waals surface area contributed by atoms with Crippen LogP contribution < -0.4 is 10.9 Å². The highest BCUT2D eigenvalue weighted by atomic mass is 32.2. The van der Waals surface area contributed by atoms with Crippen LogP contribution in [0.1, 0.15) is 29.9 Å². The number of nitrogens with zero attached hydrogens (tertiary/aromatic N) is 5. The number of fused-ring (bicyclic) bond motifs is 1. The Morgan fingerprint density at radius 3 is 2.88 bits per heavy atom. The van der Waals surface area contributed by atoms with Gasteiger partial charge in [-0.15, -0.1) is 0 Å². The maximum atomic E-state index is 11.5.